The first kappa shape index (κ1) is 17.5. The van der Waals surface area contributed by atoms with E-state index in [2.05, 4.69) is 10.6 Å². The molecule has 23 heavy (non-hydrogen) atoms. The van der Waals surface area contributed by atoms with Gasteiger partial charge in [-0.1, -0.05) is 38.8 Å². The monoisotopic (exact) mass is 317 g/mol. The van der Waals surface area contributed by atoms with E-state index in [0.29, 0.717) is 13.1 Å². The van der Waals surface area contributed by atoms with Gasteiger partial charge < -0.3 is 16.4 Å². The zero-order valence-corrected chi connectivity index (χ0v) is 14.0. The molecule has 0 spiro atoms. The molecule has 0 aliphatic heterocycles. The second-order valence-corrected chi connectivity index (χ2v) is 6.72. The predicted octanol–water partition coefficient (Wildman–Crippen LogP) is 2.42. The number of nitrogens with one attached hydrogen (secondary N) is 2. The Labute approximate surface area is 138 Å². The lowest BCUT2D eigenvalue weighted by Gasteiger charge is -2.25. The second-order valence-electron chi connectivity index (χ2n) is 6.72. The molecule has 0 radical (unpaired) electrons. The SMILES string of the molecule is CC(C)C(=O)Nc1ccc(CNC(=O)C2(CN)CCCC2)cc1. The van der Waals surface area contributed by atoms with E-state index in [4.69, 9.17) is 5.73 Å². The lowest BCUT2D eigenvalue weighted by Crippen LogP contribution is -2.43. The minimum atomic E-state index is -0.370. The van der Waals surface area contributed by atoms with Gasteiger partial charge >= 0.3 is 0 Å². The summed E-state index contributed by atoms with van der Waals surface area (Å²) in [5.74, 6) is 0.0136. The van der Waals surface area contributed by atoms with E-state index in [9.17, 15) is 9.59 Å². The molecule has 0 heterocycles. The molecule has 2 rings (SSSR count). The van der Waals surface area contributed by atoms with Crippen LogP contribution in [0.15, 0.2) is 24.3 Å². The quantitative estimate of drug-likeness (QED) is 0.753. The molecule has 1 aliphatic carbocycles. The Kier molecular flexibility index (Phi) is 5.77. The summed E-state index contributed by atoms with van der Waals surface area (Å²) in [7, 11) is 0. The van der Waals surface area contributed by atoms with Gasteiger partial charge in [-0.05, 0) is 30.5 Å². The van der Waals surface area contributed by atoms with Crippen LogP contribution in [-0.4, -0.2) is 18.4 Å². The zero-order valence-electron chi connectivity index (χ0n) is 14.0. The van der Waals surface area contributed by atoms with Crippen LogP contribution in [0.25, 0.3) is 0 Å². The van der Waals surface area contributed by atoms with E-state index in [0.717, 1.165) is 36.9 Å². The zero-order chi connectivity index (χ0) is 16.9. The number of amides is 2. The van der Waals surface area contributed by atoms with Gasteiger partial charge in [-0.2, -0.15) is 0 Å². The van der Waals surface area contributed by atoms with E-state index in [1.54, 1.807) is 0 Å². The number of carbonyl (C=O) groups excluding carboxylic acids is 2. The fraction of sp³-hybridized carbons (Fsp3) is 0.556. The number of nitrogens with two attached hydrogens (primary N) is 1. The topological polar surface area (TPSA) is 84.2 Å². The van der Waals surface area contributed by atoms with Crippen LogP contribution in [0, 0.1) is 11.3 Å². The molecule has 1 aromatic rings. The van der Waals surface area contributed by atoms with E-state index in [1.807, 2.05) is 38.1 Å². The van der Waals surface area contributed by atoms with Crippen molar-refractivity contribution in [3.05, 3.63) is 29.8 Å². The van der Waals surface area contributed by atoms with Crippen molar-refractivity contribution in [1.29, 1.82) is 0 Å². The van der Waals surface area contributed by atoms with Crippen LogP contribution < -0.4 is 16.4 Å². The Morgan fingerprint density at radius 2 is 1.78 bits per heavy atom. The minimum absolute atomic E-state index is 0.00262. The summed E-state index contributed by atoms with van der Waals surface area (Å²) >= 11 is 0. The van der Waals surface area contributed by atoms with Crippen LogP contribution in [0.2, 0.25) is 0 Å². The van der Waals surface area contributed by atoms with Gasteiger partial charge in [-0.15, -0.1) is 0 Å². The number of carbonyl (C=O) groups is 2. The molecule has 1 saturated carbocycles. The van der Waals surface area contributed by atoms with Gasteiger partial charge in [0.1, 0.15) is 0 Å². The van der Waals surface area contributed by atoms with Gasteiger partial charge in [-0.3, -0.25) is 9.59 Å². The van der Waals surface area contributed by atoms with Crippen LogP contribution in [0.3, 0.4) is 0 Å². The molecular weight excluding hydrogens is 290 g/mol. The van der Waals surface area contributed by atoms with Gasteiger partial charge in [0.25, 0.3) is 0 Å². The minimum Gasteiger partial charge on any atom is -0.352 e. The molecule has 0 aromatic heterocycles. The first-order chi connectivity index (χ1) is 11.0. The molecule has 1 aromatic carbocycles. The van der Waals surface area contributed by atoms with E-state index < -0.39 is 0 Å². The highest BCUT2D eigenvalue weighted by Crippen LogP contribution is 2.37. The molecular formula is C18H27N3O2. The molecule has 1 fully saturated rings. The lowest BCUT2D eigenvalue weighted by atomic mass is 9.85. The van der Waals surface area contributed by atoms with Crippen molar-refractivity contribution in [2.45, 2.75) is 46.1 Å². The highest BCUT2D eigenvalue weighted by molar-refractivity contribution is 5.92. The Morgan fingerprint density at radius 3 is 2.30 bits per heavy atom. The molecule has 4 N–H and O–H groups in total. The average molecular weight is 317 g/mol. The van der Waals surface area contributed by atoms with Crippen molar-refractivity contribution in [3.8, 4) is 0 Å². The molecule has 126 valence electrons. The Hall–Kier alpha value is -1.88. The third-order valence-electron chi connectivity index (χ3n) is 4.63. The smallest absolute Gasteiger partial charge is 0.227 e. The molecule has 2 amide bonds. The van der Waals surface area contributed by atoms with Crippen molar-refractivity contribution < 1.29 is 9.59 Å². The highest BCUT2D eigenvalue weighted by Gasteiger charge is 2.39. The fourth-order valence-electron chi connectivity index (χ4n) is 2.94. The first-order valence-corrected chi connectivity index (χ1v) is 8.35. The van der Waals surface area contributed by atoms with E-state index in [1.165, 1.54) is 0 Å². The van der Waals surface area contributed by atoms with Gasteiger partial charge in [-0.25, -0.2) is 0 Å². The summed E-state index contributed by atoms with van der Waals surface area (Å²) in [4.78, 5) is 24.1. The molecule has 0 atom stereocenters. The van der Waals surface area contributed by atoms with Crippen molar-refractivity contribution in [1.82, 2.24) is 5.32 Å². The Morgan fingerprint density at radius 1 is 1.17 bits per heavy atom. The van der Waals surface area contributed by atoms with Crippen molar-refractivity contribution in [3.63, 3.8) is 0 Å². The summed E-state index contributed by atoms with van der Waals surface area (Å²) < 4.78 is 0. The normalized spacial score (nSPS) is 16.3. The van der Waals surface area contributed by atoms with Crippen LogP contribution in [0.1, 0.15) is 45.1 Å². The van der Waals surface area contributed by atoms with Crippen molar-refractivity contribution >= 4 is 17.5 Å². The Bertz CT molecular complexity index is 546. The maximum Gasteiger partial charge on any atom is 0.227 e. The summed E-state index contributed by atoms with van der Waals surface area (Å²) in [6.45, 7) is 4.61. The maximum atomic E-state index is 12.4. The first-order valence-electron chi connectivity index (χ1n) is 8.35. The Balaban J connectivity index is 1.89. The van der Waals surface area contributed by atoms with Crippen LogP contribution in [0.4, 0.5) is 5.69 Å². The summed E-state index contributed by atoms with van der Waals surface area (Å²) in [6, 6.07) is 7.55. The van der Waals surface area contributed by atoms with Gasteiger partial charge in [0.2, 0.25) is 11.8 Å². The third kappa shape index (κ3) is 4.32. The maximum absolute atomic E-state index is 12.4. The van der Waals surface area contributed by atoms with Crippen molar-refractivity contribution in [2.75, 3.05) is 11.9 Å². The third-order valence-corrected chi connectivity index (χ3v) is 4.63. The summed E-state index contributed by atoms with van der Waals surface area (Å²) in [6.07, 6.45) is 3.93. The second kappa shape index (κ2) is 7.59. The lowest BCUT2D eigenvalue weighted by molar-refractivity contribution is -0.130. The summed E-state index contributed by atoms with van der Waals surface area (Å²) in [5, 5.41) is 5.86. The average Bonchev–Trinajstić information content (AvgIpc) is 3.04. The fourth-order valence-corrected chi connectivity index (χ4v) is 2.94. The van der Waals surface area contributed by atoms with E-state index in [-0.39, 0.29) is 23.1 Å². The van der Waals surface area contributed by atoms with Crippen molar-refractivity contribution in [2.24, 2.45) is 17.1 Å². The number of rotatable bonds is 6. The predicted molar refractivity (Wildman–Crippen MR) is 91.7 cm³/mol. The highest BCUT2D eigenvalue weighted by atomic mass is 16.2. The largest absolute Gasteiger partial charge is 0.352 e. The summed E-state index contributed by atoms with van der Waals surface area (Å²) in [5.41, 5.74) is 7.24. The number of hydrogen-bond acceptors (Lipinski definition) is 3. The van der Waals surface area contributed by atoms with Gasteiger partial charge in [0.15, 0.2) is 0 Å². The van der Waals surface area contributed by atoms with Gasteiger partial charge in [0, 0.05) is 24.7 Å². The standard InChI is InChI=1S/C18H27N3O2/c1-13(2)16(22)21-15-7-5-14(6-8-15)11-20-17(23)18(12-19)9-3-4-10-18/h5-8,13H,3-4,9-12,19H2,1-2H3,(H,20,23)(H,21,22). The number of benzene rings is 1. The molecule has 0 saturated heterocycles. The van der Waals surface area contributed by atoms with Gasteiger partial charge in [0.05, 0.1) is 5.41 Å². The molecule has 5 nitrogen and oxygen atoms in total. The number of anilines is 1. The van der Waals surface area contributed by atoms with E-state index >= 15 is 0 Å². The van der Waals surface area contributed by atoms with Crippen LogP contribution in [0.5, 0.6) is 0 Å². The molecule has 1 aliphatic rings. The number of hydrogen-bond donors (Lipinski definition) is 3. The van der Waals surface area contributed by atoms with Crippen LogP contribution in [-0.2, 0) is 16.1 Å². The molecule has 0 unspecified atom stereocenters. The van der Waals surface area contributed by atoms with Crippen LogP contribution >= 0.6 is 0 Å². The molecule has 5 heteroatoms. The molecule has 0 bridgehead atoms.